The van der Waals surface area contributed by atoms with Crippen LogP contribution in [0.25, 0.3) is 55.7 Å². The van der Waals surface area contributed by atoms with Crippen LogP contribution in [0.5, 0.6) is 11.5 Å². The molecule has 0 fully saturated rings. The van der Waals surface area contributed by atoms with E-state index >= 15 is 0 Å². The van der Waals surface area contributed by atoms with Crippen LogP contribution in [0, 0.1) is 6.92 Å². The normalized spacial score (nSPS) is 13.8. The van der Waals surface area contributed by atoms with Crippen molar-refractivity contribution in [3.8, 4) is 45.3 Å². The van der Waals surface area contributed by atoms with Crippen molar-refractivity contribution >= 4 is 79.2 Å². The first-order valence-electron chi connectivity index (χ1n) is 22.8. The van der Waals surface area contributed by atoms with Gasteiger partial charge in [0.2, 0.25) is 0 Å². The number of hydrogen-bond donors (Lipinski definition) is 0. The predicted molar refractivity (Wildman–Crippen MR) is 271 cm³/mol. The third-order valence-electron chi connectivity index (χ3n) is 13.6. The zero-order valence-electron chi connectivity index (χ0n) is 37.3. The molecule has 13 rings (SSSR count). The maximum Gasteiger partial charge on any atom is 0.252 e. The van der Waals surface area contributed by atoms with Crippen LogP contribution in [0.4, 0.5) is 34.1 Å². The van der Waals surface area contributed by atoms with Crippen molar-refractivity contribution in [1.82, 2.24) is 0 Å². The van der Waals surface area contributed by atoms with Gasteiger partial charge in [0, 0.05) is 62.0 Å². The van der Waals surface area contributed by atoms with E-state index in [0.29, 0.717) is 13.2 Å². The molecular weight excluding hydrogens is 811 g/mol. The van der Waals surface area contributed by atoms with Gasteiger partial charge in [-0.2, -0.15) is 0 Å². The number of hydrogen-bond acceptors (Lipinski definition) is 6. The molecule has 10 aromatic rings. The van der Waals surface area contributed by atoms with Crippen molar-refractivity contribution < 1.29 is 18.3 Å². The van der Waals surface area contributed by atoms with E-state index in [4.69, 9.17) is 18.3 Å². The molecule has 0 saturated heterocycles. The first-order chi connectivity index (χ1) is 32.2. The Morgan fingerprint density at radius 1 is 0.470 bits per heavy atom. The van der Waals surface area contributed by atoms with Crippen LogP contribution in [0.3, 0.4) is 0 Å². The Morgan fingerprint density at radius 2 is 1.06 bits per heavy atom. The molecule has 0 N–H and O–H groups in total. The highest BCUT2D eigenvalue weighted by Crippen LogP contribution is 2.50. The van der Waals surface area contributed by atoms with E-state index in [2.05, 4.69) is 183 Å². The average molecular weight is 857 g/mol. The second kappa shape index (κ2) is 14.6. The number of furan rings is 2. The molecule has 0 aliphatic carbocycles. The zero-order chi connectivity index (χ0) is 44.3. The molecule has 0 amide bonds. The lowest BCUT2D eigenvalue weighted by atomic mass is 9.33. The number of nitrogens with zero attached hydrogens (tertiary/aromatic N) is 2. The first kappa shape index (κ1) is 38.6. The molecule has 0 radical (unpaired) electrons. The largest absolute Gasteiger partial charge is 0.486 e. The van der Waals surface area contributed by atoms with Crippen LogP contribution in [0.1, 0.15) is 31.9 Å². The van der Waals surface area contributed by atoms with Gasteiger partial charge in [0.25, 0.3) is 6.71 Å². The minimum absolute atomic E-state index is 0.0541. The van der Waals surface area contributed by atoms with Gasteiger partial charge in [-0.15, -0.1) is 0 Å². The predicted octanol–water partition coefficient (Wildman–Crippen LogP) is 13.6. The number of ether oxygens (including phenoxy) is 2. The van der Waals surface area contributed by atoms with Gasteiger partial charge >= 0.3 is 0 Å². The van der Waals surface area contributed by atoms with E-state index in [0.717, 1.165) is 107 Å². The summed E-state index contributed by atoms with van der Waals surface area (Å²) in [7, 11) is 0. The maximum absolute atomic E-state index is 6.57. The summed E-state index contributed by atoms with van der Waals surface area (Å²) < 4.78 is 25.7. The molecule has 0 saturated carbocycles. The lowest BCUT2D eigenvalue weighted by Crippen LogP contribution is -2.61. The summed E-state index contributed by atoms with van der Waals surface area (Å²) in [5.74, 6) is 3.20. The number of benzene rings is 8. The minimum atomic E-state index is -0.155. The molecule has 318 valence electrons. The Hall–Kier alpha value is -7.90. The summed E-state index contributed by atoms with van der Waals surface area (Å²) in [5.41, 5.74) is 18.6. The number of aryl methyl sites for hydroxylation is 1. The van der Waals surface area contributed by atoms with Crippen LogP contribution >= 0.6 is 0 Å². The Bertz CT molecular complexity index is 3500. The van der Waals surface area contributed by atoms with E-state index in [1.54, 1.807) is 0 Å². The SMILES string of the molecule is Cc1cc2c3c(c1)N(c1ccc(C(C)(C)C)cc1-c1ccccc1)c1cc4c(cc1B3c1cc(-c3cc5ccccc5o3)ccc1N2c1ccc(-c2cc3ccccc3o2)cc1)OCCO4. The van der Waals surface area contributed by atoms with Gasteiger partial charge in [0.15, 0.2) is 11.5 Å². The second-order valence-electron chi connectivity index (χ2n) is 18.8. The molecular formula is C59H45BN2O4. The maximum atomic E-state index is 6.57. The summed E-state index contributed by atoms with van der Waals surface area (Å²) in [6.45, 7) is 9.91. The second-order valence-corrected chi connectivity index (χ2v) is 18.8. The smallest absolute Gasteiger partial charge is 0.252 e. The van der Waals surface area contributed by atoms with E-state index in [9.17, 15) is 0 Å². The number of fused-ring (bicyclic) bond motifs is 7. The van der Waals surface area contributed by atoms with Crippen molar-refractivity contribution in [2.75, 3.05) is 23.0 Å². The fourth-order valence-electron chi connectivity index (χ4n) is 10.4. The van der Waals surface area contributed by atoms with Crippen molar-refractivity contribution in [1.29, 1.82) is 0 Å². The monoisotopic (exact) mass is 856 g/mol. The highest BCUT2D eigenvalue weighted by molar-refractivity contribution is 7.00. The van der Waals surface area contributed by atoms with Gasteiger partial charge in [-0.1, -0.05) is 99.6 Å². The molecule has 66 heavy (non-hydrogen) atoms. The third kappa shape index (κ3) is 6.10. The molecule has 6 nitrogen and oxygen atoms in total. The van der Waals surface area contributed by atoms with E-state index in [1.165, 1.54) is 22.1 Å². The molecule has 3 aliphatic heterocycles. The molecule has 7 heteroatoms. The Labute approximate surface area is 384 Å². The molecule has 8 aromatic carbocycles. The molecule has 0 unspecified atom stereocenters. The molecule has 0 atom stereocenters. The average Bonchev–Trinajstić information content (AvgIpc) is 3.99. The molecule has 0 bridgehead atoms. The Morgan fingerprint density at radius 3 is 1.74 bits per heavy atom. The summed E-state index contributed by atoms with van der Waals surface area (Å²) in [4.78, 5) is 4.94. The fraction of sp³-hybridized carbons (Fsp3) is 0.119. The van der Waals surface area contributed by atoms with Crippen molar-refractivity contribution in [3.05, 3.63) is 187 Å². The minimum Gasteiger partial charge on any atom is -0.486 e. The van der Waals surface area contributed by atoms with Crippen LogP contribution < -0.4 is 35.7 Å². The number of rotatable bonds is 5. The fourth-order valence-corrected chi connectivity index (χ4v) is 10.4. The van der Waals surface area contributed by atoms with Gasteiger partial charge in [0.05, 0.1) is 5.69 Å². The summed E-state index contributed by atoms with van der Waals surface area (Å²) >= 11 is 0. The van der Waals surface area contributed by atoms with Gasteiger partial charge in [-0.05, 0) is 136 Å². The highest BCUT2D eigenvalue weighted by atomic mass is 16.6. The van der Waals surface area contributed by atoms with E-state index < -0.39 is 0 Å². The van der Waals surface area contributed by atoms with Crippen LogP contribution in [0.2, 0.25) is 0 Å². The lowest BCUT2D eigenvalue weighted by Gasteiger charge is -2.45. The molecule has 3 aliphatic rings. The molecule has 2 aromatic heterocycles. The third-order valence-corrected chi connectivity index (χ3v) is 13.6. The quantitative estimate of drug-likeness (QED) is 0.161. The summed E-state index contributed by atoms with van der Waals surface area (Å²) in [5, 5.41) is 2.17. The van der Waals surface area contributed by atoms with Crippen LogP contribution in [-0.4, -0.2) is 19.9 Å². The Balaban J connectivity index is 1.08. The van der Waals surface area contributed by atoms with Gasteiger partial charge in [-0.3, -0.25) is 0 Å². The lowest BCUT2D eigenvalue weighted by molar-refractivity contribution is 0.172. The first-order valence-corrected chi connectivity index (χ1v) is 22.8. The molecule has 5 heterocycles. The zero-order valence-corrected chi connectivity index (χ0v) is 37.3. The van der Waals surface area contributed by atoms with E-state index in [1.807, 2.05) is 30.3 Å². The standard InChI is InChI=1S/C59H45BN2O4/c1-36-28-50-58-51(29-36)62(47-25-21-42(59(2,3)4)33-44(47)37-12-6-5-7-13-37)49-35-57-56(63-26-27-64-57)34-46(49)60(58)45-30-41(55-32-40-15-9-11-17-53(40)66-55)20-24-48(45)61(50)43-22-18-38(19-23-43)54-31-39-14-8-10-16-52(39)65-54/h5-25,28-35H,26-27H2,1-4H3. The van der Waals surface area contributed by atoms with Crippen LogP contribution in [-0.2, 0) is 5.41 Å². The summed E-state index contributed by atoms with van der Waals surface area (Å²) in [6.07, 6.45) is 0. The molecule has 0 spiro atoms. The van der Waals surface area contributed by atoms with Gasteiger partial charge < -0.3 is 28.1 Å². The van der Waals surface area contributed by atoms with Crippen molar-refractivity contribution in [3.63, 3.8) is 0 Å². The number of anilines is 6. The van der Waals surface area contributed by atoms with Gasteiger partial charge in [0.1, 0.15) is 35.9 Å². The van der Waals surface area contributed by atoms with Crippen molar-refractivity contribution in [2.24, 2.45) is 0 Å². The van der Waals surface area contributed by atoms with Crippen LogP contribution in [0.15, 0.2) is 185 Å². The topological polar surface area (TPSA) is 51.2 Å². The van der Waals surface area contributed by atoms with E-state index in [-0.39, 0.29) is 12.1 Å². The van der Waals surface area contributed by atoms with Crippen molar-refractivity contribution in [2.45, 2.75) is 33.1 Å². The highest BCUT2D eigenvalue weighted by Gasteiger charge is 2.45. The Kier molecular flexibility index (Phi) is 8.51. The summed E-state index contributed by atoms with van der Waals surface area (Å²) in [6, 6.07) is 63.3. The number of para-hydroxylation sites is 2. The van der Waals surface area contributed by atoms with Gasteiger partial charge in [-0.25, -0.2) is 0 Å².